The van der Waals surface area contributed by atoms with Gasteiger partial charge in [-0.2, -0.15) is 5.10 Å². The van der Waals surface area contributed by atoms with Gasteiger partial charge >= 0.3 is 5.69 Å². The van der Waals surface area contributed by atoms with Crippen LogP contribution in [0.1, 0.15) is 16.1 Å². The smallest absolute Gasteiger partial charge is 0.331 e. The number of carbonyl (C=O) groups excluding carboxylic acids is 1. The molecule has 2 N–H and O–H groups in total. The molecule has 1 aromatic heterocycles. The molecule has 0 fully saturated rings. The van der Waals surface area contributed by atoms with E-state index in [4.69, 9.17) is 0 Å². The Morgan fingerprint density at radius 1 is 1.12 bits per heavy atom. The fraction of sp³-hybridized carbons (Fsp3) is 0.111. The summed E-state index contributed by atoms with van der Waals surface area (Å²) in [5, 5.41) is 15.6. The Labute approximate surface area is 147 Å². The number of phenolic OH excluding ortho intramolecular Hbond substituents is 1. The van der Waals surface area contributed by atoms with Crippen molar-refractivity contribution in [3.63, 3.8) is 0 Å². The second-order valence-corrected chi connectivity index (χ2v) is 5.69. The number of rotatable bonds is 3. The van der Waals surface area contributed by atoms with Crippen molar-refractivity contribution < 1.29 is 9.90 Å². The molecule has 1 heterocycles. The molecule has 132 valence electrons. The Balaban J connectivity index is 1.91. The van der Waals surface area contributed by atoms with Crippen molar-refractivity contribution in [3.05, 3.63) is 74.6 Å². The molecule has 0 aliphatic carbocycles. The van der Waals surface area contributed by atoms with Crippen LogP contribution in [0.2, 0.25) is 0 Å². The van der Waals surface area contributed by atoms with Gasteiger partial charge in [0.1, 0.15) is 11.4 Å². The van der Waals surface area contributed by atoms with Gasteiger partial charge in [0.15, 0.2) is 0 Å². The number of benzene rings is 2. The van der Waals surface area contributed by atoms with Crippen molar-refractivity contribution in [1.29, 1.82) is 0 Å². The van der Waals surface area contributed by atoms with E-state index in [-0.39, 0.29) is 11.4 Å². The third-order valence-electron chi connectivity index (χ3n) is 4.07. The van der Waals surface area contributed by atoms with Crippen LogP contribution < -0.4 is 16.7 Å². The van der Waals surface area contributed by atoms with Gasteiger partial charge in [-0.25, -0.2) is 10.2 Å². The number of phenols is 1. The molecule has 26 heavy (non-hydrogen) atoms. The van der Waals surface area contributed by atoms with Gasteiger partial charge in [0.05, 0.1) is 6.21 Å². The molecule has 0 saturated heterocycles. The number of aromatic nitrogens is 2. The molecule has 3 aromatic rings. The van der Waals surface area contributed by atoms with Gasteiger partial charge in [-0.05, 0) is 16.8 Å². The molecule has 1 amide bonds. The van der Waals surface area contributed by atoms with Gasteiger partial charge in [0.2, 0.25) is 0 Å². The van der Waals surface area contributed by atoms with Crippen LogP contribution in [0.25, 0.3) is 10.8 Å². The molecular formula is C18H16N4O4. The lowest BCUT2D eigenvalue weighted by Gasteiger charge is -2.08. The fourth-order valence-electron chi connectivity index (χ4n) is 2.58. The van der Waals surface area contributed by atoms with Crippen molar-refractivity contribution >= 4 is 22.9 Å². The fourth-order valence-corrected chi connectivity index (χ4v) is 2.58. The molecule has 3 rings (SSSR count). The van der Waals surface area contributed by atoms with Crippen molar-refractivity contribution in [2.24, 2.45) is 19.2 Å². The van der Waals surface area contributed by atoms with Crippen LogP contribution in [0.5, 0.6) is 5.75 Å². The summed E-state index contributed by atoms with van der Waals surface area (Å²) < 4.78 is 1.95. The van der Waals surface area contributed by atoms with Crippen LogP contribution >= 0.6 is 0 Å². The van der Waals surface area contributed by atoms with E-state index < -0.39 is 17.2 Å². The van der Waals surface area contributed by atoms with Crippen molar-refractivity contribution in [3.8, 4) is 5.75 Å². The molecule has 0 spiro atoms. The third-order valence-corrected chi connectivity index (χ3v) is 4.07. The predicted octanol–water partition coefficient (Wildman–Crippen LogP) is 0.707. The van der Waals surface area contributed by atoms with Crippen molar-refractivity contribution in [1.82, 2.24) is 14.6 Å². The molecule has 0 aliphatic heterocycles. The van der Waals surface area contributed by atoms with E-state index in [0.717, 1.165) is 26.0 Å². The zero-order chi connectivity index (χ0) is 18.8. The topological polar surface area (TPSA) is 106 Å². The van der Waals surface area contributed by atoms with Gasteiger partial charge in [0.25, 0.3) is 11.5 Å². The van der Waals surface area contributed by atoms with Gasteiger partial charge in [0, 0.05) is 25.7 Å². The second kappa shape index (κ2) is 6.67. The first-order valence-electron chi connectivity index (χ1n) is 7.71. The number of carbonyl (C=O) groups is 1. The zero-order valence-electron chi connectivity index (χ0n) is 14.1. The number of hydrazone groups is 1. The highest BCUT2D eigenvalue weighted by molar-refractivity contribution is 6.03. The van der Waals surface area contributed by atoms with Crippen LogP contribution in [-0.4, -0.2) is 26.4 Å². The van der Waals surface area contributed by atoms with E-state index in [1.54, 1.807) is 6.07 Å². The lowest BCUT2D eigenvalue weighted by molar-refractivity contribution is 0.0945. The number of nitrogens with zero attached hydrogens (tertiary/aromatic N) is 3. The number of aromatic hydroxyl groups is 1. The Morgan fingerprint density at radius 3 is 2.62 bits per heavy atom. The van der Waals surface area contributed by atoms with Crippen LogP contribution in [0, 0.1) is 0 Å². The number of amides is 1. The first-order chi connectivity index (χ1) is 12.4. The lowest BCUT2D eigenvalue weighted by atomic mass is 10.0. The Bertz CT molecular complexity index is 1160. The minimum Gasteiger partial charge on any atom is -0.507 e. The largest absolute Gasteiger partial charge is 0.507 e. The molecule has 8 heteroatoms. The molecule has 0 unspecified atom stereocenters. The Kier molecular flexibility index (Phi) is 4.40. The summed E-state index contributed by atoms with van der Waals surface area (Å²) in [5.41, 5.74) is 1.40. The monoisotopic (exact) mass is 352 g/mol. The highest BCUT2D eigenvalue weighted by Gasteiger charge is 2.13. The maximum absolute atomic E-state index is 12.2. The van der Waals surface area contributed by atoms with Crippen molar-refractivity contribution in [2.45, 2.75) is 0 Å². The van der Waals surface area contributed by atoms with Crippen LogP contribution in [0.3, 0.4) is 0 Å². The first-order valence-corrected chi connectivity index (χ1v) is 7.71. The van der Waals surface area contributed by atoms with E-state index in [2.05, 4.69) is 10.5 Å². The summed E-state index contributed by atoms with van der Waals surface area (Å²) in [4.78, 5) is 35.8. The quantitative estimate of drug-likeness (QED) is 0.535. The van der Waals surface area contributed by atoms with Gasteiger partial charge in [-0.15, -0.1) is 0 Å². The summed E-state index contributed by atoms with van der Waals surface area (Å²) in [6.45, 7) is 0. The SMILES string of the molecule is Cn1c(C(=O)N/N=C/c2c(O)ccc3ccccc23)cc(=O)n(C)c1=O. The molecule has 0 atom stereocenters. The van der Waals surface area contributed by atoms with E-state index in [0.29, 0.717) is 5.56 Å². The summed E-state index contributed by atoms with van der Waals surface area (Å²) in [5.74, 6) is -0.694. The lowest BCUT2D eigenvalue weighted by Crippen LogP contribution is -2.40. The van der Waals surface area contributed by atoms with Crippen LogP contribution in [0.15, 0.2) is 57.2 Å². The maximum Gasteiger partial charge on any atom is 0.331 e. The zero-order valence-corrected chi connectivity index (χ0v) is 14.1. The molecular weight excluding hydrogens is 336 g/mol. The second-order valence-electron chi connectivity index (χ2n) is 5.69. The maximum atomic E-state index is 12.2. The third kappa shape index (κ3) is 3.00. The molecule has 0 bridgehead atoms. The minimum atomic E-state index is -0.710. The Hall–Kier alpha value is -3.68. The number of hydrogen-bond donors (Lipinski definition) is 2. The summed E-state index contributed by atoms with van der Waals surface area (Å²) in [6.07, 6.45) is 1.31. The normalized spacial score (nSPS) is 11.2. The van der Waals surface area contributed by atoms with Gasteiger partial charge < -0.3 is 5.11 Å². The molecule has 2 aromatic carbocycles. The summed E-state index contributed by atoms with van der Waals surface area (Å²) in [6, 6.07) is 11.8. The standard InChI is InChI=1S/C18H16N4O4/c1-21-14(9-16(24)22(2)18(21)26)17(25)20-19-10-13-12-6-4-3-5-11(12)7-8-15(13)23/h3-10,23H,1-2H3,(H,20,25)/b19-10+. The highest BCUT2D eigenvalue weighted by atomic mass is 16.3. The van der Waals surface area contributed by atoms with Crippen LogP contribution in [0.4, 0.5) is 0 Å². The summed E-state index contributed by atoms with van der Waals surface area (Å²) in [7, 11) is 2.71. The van der Waals surface area contributed by atoms with E-state index in [9.17, 15) is 19.5 Å². The van der Waals surface area contributed by atoms with Gasteiger partial charge in [-0.3, -0.25) is 18.7 Å². The first kappa shape index (κ1) is 17.2. The van der Waals surface area contributed by atoms with E-state index >= 15 is 0 Å². The molecule has 0 aliphatic rings. The number of nitrogens with one attached hydrogen (secondary N) is 1. The number of fused-ring (bicyclic) bond motifs is 1. The number of hydrogen-bond acceptors (Lipinski definition) is 5. The van der Waals surface area contributed by atoms with Crippen LogP contribution in [-0.2, 0) is 14.1 Å². The highest BCUT2D eigenvalue weighted by Crippen LogP contribution is 2.25. The van der Waals surface area contributed by atoms with E-state index in [1.165, 1.54) is 26.4 Å². The average molecular weight is 352 g/mol. The predicted molar refractivity (Wildman–Crippen MR) is 97.6 cm³/mol. The Morgan fingerprint density at radius 2 is 1.85 bits per heavy atom. The molecule has 0 radical (unpaired) electrons. The molecule has 8 nitrogen and oxygen atoms in total. The van der Waals surface area contributed by atoms with Gasteiger partial charge in [-0.1, -0.05) is 30.3 Å². The average Bonchev–Trinajstić information content (AvgIpc) is 2.64. The molecule has 0 saturated carbocycles. The minimum absolute atomic E-state index is 0.0164. The van der Waals surface area contributed by atoms with Crippen molar-refractivity contribution in [2.75, 3.05) is 0 Å². The summed E-state index contributed by atoms with van der Waals surface area (Å²) >= 11 is 0. The van der Waals surface area contributed by atoms with E-state index in [1.807, 2.05) is 24.3 Å².